The van der Waals surface area contributed by atoms with Crippen molar-refractivity contribution in [3.8, 4) is 5.75 Å². The number of hydrogen-bond donors (Lipinski definition) is 1. The number of carbonyl (C=O) groups is 1. The maximum atomic E-state index is 12.8. The van der Waals surface area contributed by atoms with Crippen molar-refractivity contribution in [1.82, 2.24) is 4.31 Å². The minimum atomic E-state index is -3.64. The van der Waals surface area contributed by atoms with E-state index in [-0.39, 0.29) is 17.3 Å². The largest absolute Gasteiger partial charge is 0.497 e. The molecule has 0 aliphatic rings. The Bertz CT molecular complexity index is 1120. The fraction of sp³-hybridized carbons (Fsp3) is 0.174. The highest BCUT2D eigenvalue weighted by Crippen LogP contribution is 2.20. The van der Waals surface area contributed by atoms with Crippen LogP contribution in [0.25, 0.3) is 0 Å². The van der Waals surface area contributed by atoms with E-state index in [4.69, 9.17) is 4.74 Å². The summed E-state index contributed by atoms with van der Waals surface area (Å²) in [6.45, 7) is 2.12. The van der Waals surface area contributed by atoms with Gasteiger partial charge in [-0.1, -0.05) is 30.3 Å². The summed E-state index contributed by atoms with van der Waals surface area (Å²) in [5.41, 5.74) is 3.02. The van der Waals surface area contributed by atoms with Gasteiger partial charge in [0, 0.05) is 24.8 Å². The molecule has 3 rings (SSSR count). The van der Waals surface area contributed by atoms with Crippen LogP contribution >= 0.6 is 0 Å². The van der Waals surface area contributed by atoms with Gasteiger partial charge in [0.25, 0.3) is 5.91 Å². The molecule has 0 bridgehead atoms. The number of rotatable bonds is 7. The number of nitrogens with zero attached hydrogens (tertiary/aromatic N) is 1. The molecule has 1 amide bonds. The van der Waals surface area contributed by atoms with Crippen LogP contribution in [0.15, 0.2) is 77.7 Å². The zero-order chi connectivity index (χ0) is 21.7. The van der Waals surface area contributed by atoms with E-state index in [0.29, 0.717) is 11.3 Å². The van der Waals surface area contributed by atoms with Crippen molar-refractivity contribution in [1.29, 1.82) is 0 Å². The molecule has 0 heterocycles. The molecule has 0 unspecified atom stereocenters. The number of hydrogen-bond acceptors (Lipinski definition) is 4. The average molecular weight is 425 g/mol. The smallest absolute Gasteiger partial charge is 0.255 e. The minimum absolute atomic E-state index is 0.189. The Morgan fingerprint density at radius 1 is 0.967 bits per heavy atom. The van der Waals surface area contributed by atoms with E-state index >= 15 is 0 Å². The molecule has 0 aliphatic carbocycles. The predicted molar refractivity (Wildman–Crippen MR) is 117 cm³/mol. The molecular formula is C23H24N2O4S. The Kier molecular flexibility index (Phi) is 6.54. The van der Waals surface area contributed by atoms with Crippen LogP contribution in [0.2, 0.25) is 0 Å². The number of ether oxygens (including phenoxy) is 1. The second-order valence-corrected chi connectivity index (χ2v) is 8.95. The number of benzene rings is 3. The Morgan fingerprint density at radius 3 is 2.20 bits per heavy atom. The van der Waals surface area contributed by atoms with Crippen LogP contribution in [-0.2, 0) is 16.6 Å². The van der Waals surface area contributed by atoms with Gasteiger partial charge in [-0.2, -0.15) is 4.31 Å². The predicted octanol–water partition coefficient (Wildman–Crippen LogP) is 4.08. The van der Waals surface area contributed by atoms with Gasteiger partial charge in [0.05, 0.1) is 12.0 Å². The number of amides is 1. The van der Waals surface area contributed by atoms with Crippen molar-refractivity contribution >= 4 is 21.6 Å². The maximum Gasteiger partial charge on any atom is 0.255 e. The number of para-hydroxylation sites is 1. The first kappa shape index (κ1) is 21.5. The maximum absolute atomic E-state index is 12.8. The molecule has 6 nitrogen and oxygen atoms in total. The third-order valence-corrected chi connectivity index (χ3v) is 6.60. The highest BCUT2D eigenvalue weighted by molar-refractivity contribution is 7.89. The van der Waals surface area contributed by atoms with Crippen molar-refractivity contribution in [2.45, 2.75) is 18.4 Å². The van der Waals surface area contributed by atoms with Crippen LogP contribution in [0.1, 0.15) is 21.5 Å². The van der Waals surface area contributed by atoms with E-state index in [1.807, 2.05) is 31.2 Å². The van der Waals surface area contributed by atoms with Crippen LogP contribution < -0.4 is 10.1 Å². The van der Waals surface area contributed by atoms with Gasteiger partial charge in [0.1, 0.15) is 5.75 Å². The topological polar surface area (TPSA) is 75.7 Å². The van der Waals surface area contributed by atoms with Crippen molar-refractivity contribution < 1.29 is 17.9 Å². The highest BCUT2D eigenvalue weighted by Gasteiger charge is 2.21. The van der Waals surface area contributed by atoms with Gasteiger partial charge in [-0.15, -0.1) is 0 Å². The number of anilines is 1. The zero-order valence-electron chi connectivity index (χ0n) is 17.1. The third-order valence-electron chi connectivity index (χ3n) is 4.78. The molecule has 30 heavy (non-hydrogen) atoms. The van der Waals surface area contributed by atoms with Gasteiger partial charge in [-0.25, -0.2) is 8.42 Å². The van der Waals surface area contributed by atoms with E-state index in [1.54, 1.807) is 36.4 Å². The van der Waals surface area contributed by atoms with Gasteiger partial charge in [0.2, 0.25) is 10.0 Å². The summed E-state index contributed by atoms with van der Waals surface area (Å²) in [4.78, 5) is 12.7. The lowest BCUT2D eigenvalue weighted by Gasteiger charge is -2.17. The first-order valence-electron chi connectivity index (χ1n) is 9.37. The molecule has 0 aromatic heterocycles. The molecule has 3 aromatic carbocycles. The second kappa shape index (κ2) is 9.11. The first-order chi connectivity index (χ1) is 14.3. The fourth-order valence-corrected chi connectivity index (χ4v) is 4.10. The SMILES string of the molecule is COc1ccc(S(=O)(=O)N(C)Cc2ccc(C(=O)Nc3ccccc3C)cc2)cc1. The van der Waals surface area contributed by atoms with Crippen LogP contribution in [-0.4, -0.2) is 32.8 Å². The van der Waals surface area contributed by atoms with E-state index in [2.05, 4.69) is 5.32 Å². The molecule has 3 aromatic rings. The van der Waals surface area contributed by atoms with Gasteiger partial charge < -0.3 is 10.1 Å². The highest BCUT2D eigenvalue weighted by atomic mass is 32.2. The summed E-state index contributed by atoms with van der Waals surface area (Å²) in [7, 11) is -0.581. The molecule has 0 spiro atoms. The standard InChI is InChI=1S/C23H24N2O4S/c1-17-6-4-5-7-22(17)24-23(26)19-10-8-18(9-11-19)16-25(2)30(27,28)21-14-12-20(29-3)13-15-21/h4-15H,16H2,1-3H3,(H,24,26). The Balaban J connectivity index is 1.68. The van der Waals surface area contributed by atoms with Crippen LogP contribution in [0, 0.1) is 6.92 Å². The lowest BCUT2D eigenvalue weighted by atomic mass is 10.1. The minimum Gasteiger partial charge on any atom is -0.497 e. The Labute approximate surface area is 177 Å². The van der Waals surface area contributed by atoms with Gasteiger partial charge in [-0.05, 0) is 60.5 Å². The Hall–Kier alpha value is -3.16. The van der Waals surface area contributed by atoms with Crippen LogP contribution in [0.3, 0.4) is 0 Å². The van der Waals surface area contributed by atoms with E-state index in [9.17, 15) is 13.2 Å². The summed E-state index contributed by atoms with van der Waals surface area (Å²) < 4.78 is 31.9. The number of aryl methyl sites for hydroxylation is 1. The number of carbonyl (C=O) groups excluding carboxylic acids is 1. The summed E-state index contributed by atoms with van der Waals surface area (Å²) in [6.07, 6.45) is 0. The van der Waals surface area contributed by atoms with Crippen molar-refractivity contribution in [3.63, 3.8) is 0 Å². The van der Waals surface area contributed by atoms with Crippen molar-refractivity contribution in [2.75, 3.05) is 19.5 Å². The lowest BCUT2D eigenvalue weighted by Crippen LogP contribution is -2.26. The van der Waals surface area contributed by atoms with E-state index < -0.39 is 10.0 Å². The lowest BCUT2D eigenvalue weighted by molar-refractivity contribution is 0.102. The van der Waals surface area contributed by atoms with E-state index in [0.717, 1.165) is 16.8 Å². The number of nitrogens with one attached hydrogen (secondary N) is 1. The zero-order valence-corrected chi connectivity index (χ0v) is 17.9. The summed E-state index contributed by atoms with van der Waals surface area (Å²) >= 11 is 0. The molecule has 1 N–H and O–H groups in total. The van der Waals surface area contributed by atoms with Gasteiger partial charge in [-0.3, -0.25) is 4.79 Å². The fourth-order valence-electron chi connectivity index (χ4n) is 2.94. The quantitative estimate of drug-likeness (QED) is 0.620. The van der Waals surface area contributed by atoms with Crippen LogP contribution in [0.5, 0.6) is 5.75 Å². The molecule has 0 fully saturated rings. The Morgan fingerprint density at radius 2 is 1.60 bits per heavy atom. The summed E-state index contributed by atoms with van der Waals surface area (Å²) in [6, 6.07) is 20.7. The molecule has 0 aliphatic heterocycles. The second-order valence-electron chi connectivity index (χ2n) is 6.90. The molecule has 0 saturated carbocycles. The molecular weight excluding hydrogens is 400 g/mol. The van der Waals surface area contributed by atoms with Crippen molar-refractivity contribution in [3.05, 3.63) is 89.5 Å². The van der Waals surface area contributed by atoms with Crippen molar-refractivity contribution in [2.24, 2.45) is 0 Å². The van der Waals surface area contributed by atoms with Gasteiger partial charge in [0.15, 0.2) is 0 Å². The molecule has 0 atom stereocenters. The molecule has 156 valence electrons. The number of methoxy groups -OCH3 is 1. The molecule has 7 heteroatoms. The van der Waals surface area contributed by atoms with Crippen LogP contribution in [0.4, 0.5) is 5.69 Å². The average Bonchev–Trinajstić information content (AvgIpc) is 2.75. The molecule has 0 radical (unpaired) electrons. The number of sulfonamides is 1. The molecule has 0 saturated heterocycles. The summed E-state index contributed by atoms with van der Waals surface area (Å²) in [5.74, 6) is 0.381. The first-order valence-corrected chi connectivity index (χ1v) is 10.8. The monoisotopic (exact) mass is 424 g/mol. The normalized spacial score (nSPS) is 11.3. The van der Waals surface area contributed by atoms with E-state index in [1.165, 1.54) is 30.6 Å². The third kappa shape index (κ3) is 4.87. The van der Waals surface area contributed by atoms with Gasteiger partial charge >= 0.3 is 0 Å². The summed E-state index contributed by atoms with van der Waals surface area (Å²) in [5, 5.41) is 2.89.